The number of hydrogen-bond acceptors (Lipinski definition) is 2. The van der Waals surface area contributed by atoms with E-state index in [1.807, 2.05) is 12.3 Å². The fourth-order valence-corrected chi connectivity index (χ4v) is 1.13. The van der Waals surface area contributed by atoms with Crippen molar-refractivity contribution in [1.29, 1.82) is 0 Å². The molecule has 48 valence electrons. The van der Waals surface area contributed by atoms with Gasteiger partial charge in [-0.3, -0.25) is 0 Å². The topological polar surface area (TPSA) is 24.4 Å². The minimum Gasteiger partial charge on any atom is -0.347 e. The summed E-state index contributed by atoms with van der Waals surface area (Å²) in [6.07, 6.45) is 5.92. The molecule has 0 radical (unpaired) electrons. The Kier molecular flexibility index (Phi) is 1.03. The summed E-state index contributed by atoms with van der Waals surface area (Å²) in [4.78, 5) is 4.20. The molecule has 2 heterocycles. The fraction of sp³-hybridized carbons (Fsp3) is 0. The Morgan fingerprint density at radius 2 is 2.50 bits per heavy atom. The van der Waals surface area contributed by atoms with Crippen LogP contribution in [-0.4, -0.2) is 13.1 Å². The highest BCUT2D eigenvalue weighted by molar-refractivity contribution is 6.64. The van der Waals surface area contributed by atoms with Gasteiger partial charge >= 0.3 is 0 Å². The molecule has 3 heteroatoms. The SMILES string of the molecule is C=C1BC2=CC=CNC2=N1. The summed E-state index contributed by atoms with van der Waals surface area (Å²) >= 11 is 0. The first-order chi connectivity index (χ1) is 4.86. The average Bonchev–Trinajstić information content (AvgIpc) is 2.27. The Balaban J connectivity index is 2.41. The van der Waals surface area contributed by atoms with Gasteiger partial charge in [-0.15, -0.1) is 0 Å². The first-order valence-electron chi connectivity index (χ1n) is 3.25. The van der Waals surface area contributed by atoms with E-state index in [1.165, 1.54) is 5.47 Å². The summed E-state index contributed by atoms with van der Waals surface area (Å²) in [5.74, 6) is 0.965. The van der Waals surface area contributed by atoms with E-state index in [4.69, 9.17) is 0 Å². The van der Waals surface area contributed by atoms with Crippen molar-refractivity contribution in [3.8, 4) is 0 Å². The zero-order chi connectivity index (χ0) is 6.97. The van der Waals surface area contributed by atoms with Crippen molar-refractivity contribution < 1.29 is 0 Å². The normalized spacial score (nSPS) is 20.6. The molecule has 0 saturated carbocycles. The maximum absolute atomic E-state index is 4.20. The second-order valence-electron chi connectivity index (χ2n) is 2.40. The molecule has 0 aromatic rings. The molecular formula is C7H7BN2. The third kappa shape index (κ3) is 0.710. The molecule has 0 aliphatic carbocycles. The minimum atomic E-state index is 0.896. The summed E-state index contributed by atoms with van der Waals surface area (Å²) in [7, 11) is 0.896. The van der Waals surface area contributed by atoms with Crippen molar-refractivity contribution in [3.05, 3.63) is 36.0 Å². The van der Waals surface area contributed by atoms with Crippen LogP contribution in [0.3, 0.4) is 0 Å². The highest BCUT2D eigenvalue weighted by Gasteiger charge is 2.17. The number of nitrogens with zero attached hydrogens (tertiary/aromatic N) is 1. The molecule has 0 unspecified atom stereocenters. The highest BCUT2D eigenvalue weighted by atomic mass is 15.0. The number of hydrogen-bond donors (Lipinski definition) is 1. The number of nitrogens with one attached hydrogen (secondary N) is 1. The molecule has 0 atom stereocenters. The number of allylic oxidation sites excluding steroid dienone is 2. The molecule has 2 rings (SSSR count). The van der Waals surface area contributed by atoms with Crippen LogP contribution in [0.1, 0.15) is 0 Å². The lowest BCUT2D eigenvalue weighted by Crippen LogP contribution is -2.20. The molecule has 2 aliphatic rings. The first-order valence-corrected chi connectivity index (χ1v) is 3.25. The van der Waals surface area contributed by atoms with Crippen LogP contribution in [0.4, 0.5) is 0 Å². The summed E-state index contributed by atoms with van der Waals surface area (Å²) in [6.45, 7) is 3.78. The first kappa shape index (κ1) is 5.53. The molecule has 1 N–H and O–H groups in total. The quantitative estimate of drug-likeness (QED) is 0.468. The van der Waals surface area contributed by atoms with Gasteiger partial charge in [-0.05, 0) is 11.5 Å². The number of aliphatic imine (C=N–C) groups is 1. The lowest BCUT2D eigenvalue weighted by Gasteiger charge is -2.04. The zero-order valence-electron chi connectivity index (χ0n) is 5.59. The van der Waals surface area contributed by atoms with Gasteiger partial charge in [0.25, 0.3) is 0 Å². The van der Waals surface area contributed by atoms with Crippen LogP contribution in [0, 0.1) is 0 Å². The second kappa shape index (κ2) is 1.87. The monoisotopic (exact) mass is 130 g/mol. The van der Waals surface area contributed by atoms with Crippen LogP contribution in [0.25, 0.3) is 0 Å². The van der Waals surface area contributed by atoms with Crippen molar-refractivity contribution in [2.24, 2.45) is 4.99 Å². The van der Waals surface area contributed by atoms with E-state index in [0.29, 0.717) is 0 Å². The molecule has 2 nitrogen and oxygen atoms in total. The van der Waals surface area contributed by atoms with Crippen LogP contribution < -0.4 is 5.32 Å². The van der Waals surface area contributed by atoms with Crippen LogP contribution in [0.15, 0.2) is 41.0 Å². The Morgan fingerprint density at radius 1 is 1.60 bits per heavy atom. The van der Waals surface area contributed by atoms with Gasteiger partial charge in [0.15, 0.2) is 0 Å². The van der Waals surface area contributed by atoms with Crippen molar-refractivity contribution in [2.75, 3.05) is 0 Å². The Hall–Kier alpha value is -1.25. The Labute approximate surface area is 60.3 Å². The Bertz CT molecular complexity index is 273. The van der Waals surface area contributed by atoms with E-state index in [-0.39, 0.29) is 0 Å². The van der Waals surface area contributed by atoms with Crippen LogP contribution in [0.5, 0.6) is 0 Å². The van der Waals surface area contributed by atoms with Gasteiger partial charge in [-0.1, -0.05) is 12.7 Å². The van der Waals surface area contributed by atoms with E-state index in [0.717, 1.165) is 18.7 Å². The van der Waals surface area contributed by atoms with Gasteiger partial charge in [0.1, 0.15) is 5.84 Å². The van der Waals surface area contributed by atoms with Gasteiger partial charge in [-0.2, -0.15) is 0 Å². The average molecular weight is 130 g/mol. The minimum absolute atomic E-state index is 0.896. The van der Waals surface area contributed by atoms with Gasteiger partial charge in [0.05, 0.1) is 0 Å². The second-order valence-corrected chi connectivity index (χ2v) is 2.40. The molecule has 0 bridgehead atoms. The van der Waals surface area contributed by atoms with Crippen LogP contribution in [0.2, 0.25) is 0 Å². The number of amidine groups is 1. The largest absolute Gasteiger partial charge is 0.347 e. The Morgan fingerprint density at radius 3 is 3.30 bits per heavy atom. The maximum atomic E-state index is 4.20. The number of fused-ring (bicyclic) bond motifs is 1. The smallest absolute Gasteiger partial charge is 0.220 e. The number of rotatable bonds is 0. The predicted molar refractivity (Wildman–Crippen MR) is 44.1 cm³/mol. The molecule has 0 fully saturated rings. The van der Waals surface area contributed by atoms with Gasteiger partial charge < -0.3 is 5.32 Å². The zero-order valence-corrected chi connectivity index (χ0v) is 5.59. The van der Waals surface area contributed by atoms with Gasteiger partial charge in [-0.25, -0.2) is 4.99 Å². The summed E-state index contributed by atoms with van der Waals surface area (Å²) in [5, 5.41) is 3.05. The predicted octanol–water partition coefficient (Wildman–Crippen LogP) is 0.307. The molecule has 0 saturated heterocycles. The van der Waals surface area contributed by atoms with E-state index < -0.39 is 0 Å². The van der Waals surface area contributed by atoms with Crippen LogP contribution >= 0.6 is 0 Å². The summed E-state index contributed by atoms with van der Waals surface area (Å²) in [6, 6.07) is 0. The van der Waals surface area contributed by atoms with Gasteiger partial charge in [0.2, 0.25) is 7.28 Å². The maximum Gasteiger partial charge on any atom is 0.220 e. The van der Waals surface area contributed by atoms with Crippen molar-refractivity contribution in [3.63, 3.8) is 0 Å². The van der Waals surface area contributed by atoms with Crippen molar-refractivity contribution in [1.82, 2.24) is 5.32 Å². The molecule has 10 heavy (non-hydrogen) atoms. The highest BCUT2D eigenvalue weighted by Crippen LogP contribution is 2.13. The lowest BCUT2D eigenvalue weighted by atomic mass is 9.68. The lowest BCUT2D eigenvalue weighted by molar-refractivity contribution is 1.25. The third-order valence-electron chi connectivity index (χ3n) is 1.58. The standard InChI is InChI=1S/C7H7BN2/c1-5-8-6-3-2-4-9-7(6)10-5/h2-4,8H,1H2,(H,9,10). The van der Waals surface area contributed by atoms with E-state index in [9.17, 15) is 0 Å². The van der Waals surface area contributed by atoms with E-state index in [1.54, 1.807) is 0 Å². The van der Waals surface area contributed by atoms with E-state index in [2.05, 4.69) is 23.0 Å². The fourth-order valence-electron chi connectivity index (χ4n) is 1.13. The molecule has 0 amide bonds. The summed E-state index contributed by atoms with van der Waals surface area (Å²) < 4.78 is 0. The molecule has 0 spiro atoms. The summed E-state index contributed by atoms with van der Waals surface area (Å²) in [5.41, 5.74) is 2.19. The number of dihydropyridines is 1. The van der Waals surface area contributed by atoms with Crippen LogP contribution in [-0.2, 0) is 0 Å². The van der Waals surface area contributed by atoms with Gasteiger partial charge in [0, 0.05) is 11.8 Å². The molecule has 0 aromatic carbocycles. The molecule has 2 aliphatic heterocycles. The molecular weight excluding hydrogens is 123 g/mol. The third-order valence-corrected chi connectivity index (χ3v) is 1.58. The molecule has 0 aromatic heterocycles. The van der Waals surface area contributed by atoms with Crippen molar-refractivity contribution >= 4 is 13.1 Å². The van der Waals surface area contributed by atoms with E-state index >= 15 is 0 Å². The van der Waals surface area contributed by atoms with Crippen molar-refractivity contribution in [2.45, 2.75) is 0 Å².